The highest BCUT2D eigenvalue weighted by atomic mass is 19.1. The smallest absolute Gasteiger partial charge is 0.315 e. The number of amides is 2. The average Bonchev–Trinajstić information content (AvgIpc) is 3.02. The van der Waals surface area contributed by atoms with E-state index < -0.39 is 0 Å². The number of carbonyl (C=O) groups excluding carboxylic acids is 1. The Balaban J connectivity index is 1.47. The normalized spacial score (nSPS) is 10.6. The minimum absolute atomic E-state index is 0.253. The van der Waals surface area contributed by atoms with Gasteiger partial charge in [-0.05, 0) is 30.2 Å². The van der Waals surface area contributed by atoms with E-state index in [-0.39, 0.29) is 11.8 Å². The Labute approximate surface area is 158 Å². The molecule has 27 heavy (non-hydrogen) atoms. The summed E-state index contributed by atoms with van der Waals surface area (Å²) in [6, 6.07) is 16.0. The van der Waals surface area contributed by atoms with Crippen molar-refractivity contribution in [2.24, 2.45) is 0 Å². The molecule has 0 unspecified atom stereocenters. The first-order valence-corrected chi connectivity index (χ1v) is 8.93. The maximum absolute atomic E-state index is 12.9. The van der Waals surface area contributed by atoms with Crippen LogP contribution in [0.2, 0.25) is 0 Å². The van der Waals surface area contributed by atoms with E-state index in [0.29, 0.717) is 19.5 Å². The summed E-state index contributed by atoms with van der Waals surface area (Å²) in [4.78, 5) is 16.4. The third-order valence-electron chi connectivity index (χ3n) is 4.32. The van der Waals surface area contributed by atoms with Crippen molar-refractivity contribution >= 4 is 6.03 Å². The predicted molar refractivity (Wildman–Crippen MR) is 103 cm³/mol. The largest absolute Gasteiger partial charge is 0.338 e. The Kier molecular flexibility index (Phi) is 6.20. The third kappa shape index (κ3) is 5.41. The van der Waals surface area contributed by atoms with Gasteiger partial charge in [0.1, 0.15) is 11.6 Å². The van der Waals surface area contributed by atoms with Crippen molar-refractivity contribution in [2.75, 3.05) is 6.54 Å². The first-order valence-electron chi connectivity index (χ1n) is 8.93. The highest BCUT2D eigenvalue weighted by Crippen LogP contribution is 2.10. The number of aryl methyl sites for hydroxylation is 1. The number of benzene rings is 2. The fraction of sp³-hybridized carbons (Fsp3) is 0.238. The molecule has 0 aliphatic heterocycles. The van der Waals surface area contributed by atoms with E-state index >= 15 is 0 Å². The number of carbonyl (C=O) groups is 1. The van der Waals surface area contributed by atoms with Gasteiger partial charge >= 0.3 is 6.03 Å². The lowest BCUT2D eigenvalue weighted by Crippen LogP contribution is -2.36. The predicted octanol–water partition coefficient (Wildman–Crippen LogP) is 3.42. The van der Waals surface area contributed by atoms with Crippen LogP contribution in [0.25, 0.3) is 0 Å². The second kappa shape index (κ2) is 8.98. The van der Waals surface area contributed by atoms with E-state index in [1.54, 1.807) is 12.1 Å². The standard InChI is InChI=1S/C21H23FN4O/c1-16-13-24-20(26(16)15-18-5-3-2-4-6-18)11-12-23-21(27)25-14-17-7-9-19(22)10-8-17/h2-10,13H,11-12,14-15H2,1H3,(H2,23,25,27). The molecule has 2 N–H and O–H groups in total. The first-order chi connectivity index (χ1) is 13.1. The molecule has 2 aromatic carbocycles. The third-order valence-corrected chi connectivity index (χ3v) is 4.32. The number of rotatable bonds is 7. The number of aromatic nitrogens is 2. The number of nitrogens with zero attached hydrogens (tertiary/aromatic N) is 2. The average molecular weight is 366 g/mol. The van der Waals surface area contributed by atoms with Crippen molar-refractivity contribution in [1.82, 2.24) is 20.2 Å². The molecular weight excluding hydrogens is 343 g/mol. The Morgan fingerprint density at radius 2 is 1.78 bits per heavy atom. The Morgan fingerprint density at radius 1 is 1.04 bits per heavy atom. The highest BCUT2D eigenvalue weighted by Gasteiger charge is 2.08. The molecule has 3 rings (SSSR count). The van der Waals surface area contributed by atoms with Crippen LogP contribution in [-0.2, 0) is 19.5 Å². The molecule has 5 nitrogen and oxygen atoms in total. The van der Waals surface area contributed by atoms with Gasteiger partial charge in [0.15, 0.2) is 0 Å². The van der Waals surface area contributed by atoms with Gasteiger partial charge in [0.2, 0.25) is 0 Å². The van der Waals surface area contributed by atoms with E-state index in [0.717, 1.165) is 23.6 Å². The van der Waals surface area contributed by atoms with Gasteiger partial charge in [-0.15, -0.1) is 0 Å². The molecule has 0 saturated carbocycles. The molecule has 0 radical (unpaired) electrons. The van der Waals surface area contributed by atoms with Crippen LogP contribution in [0.15, 0.2) is 60.8 Å². The summed E-state index contributed by atoms with van der Waals surface area (Å²) < 4.78 is 15.0. The lowest BCUT2D eigenvalue weighted by molar-refractivity contribution is 0.240. The molecule has 0 atom stereocenters. The molecule has 140 valence electrons. The maximum Gasteiger partial charge on any atom is 0.315 e. The molecule has 0 aliphatic carbocycles. The van der Waals surface area contributed by atoms with Gasteiger partial charge in [-0.3, -0.25) is 0 Å². The van der Waals surface area contributed by atoms with Crippen molar-refractivity contribution in [3.05, 3.63) is 89.3 Å². The zero-order valence-electron chi connectivity index (χ0n) is 15.3. The molecule has 2 amide bonds. The molecule has 1 heterocycles. The van der Waals surface area contributed by atoms with Crippen LogP contribution in [0.3, 0.4) is 0 Å². The molecule has 0 bridgehead atoms. The van der Waals surface area contributed by atoms with Gasteiger partial charge in [-0.2, -0.15) is 0 Å². The first kappa shape index (κ1) is 18.6. The molecule has 0 aliphatic rings. The summed E-state index contributed by atoms with van der Waals surface area (Å²) >= 11 is 0. The summed E-state index contributed by atoms with van der Waals surface area (Å²) in [5, 5.41) is 5.60. The van der Waals surface area contributed by atoms with Crippen LogP contribution < -0.4 is 10.6 Å². The molecular formula is C21H23FN4O. The van der Waals surface area contributed by atoms with Crippen LogP contribution in [0.1, 0.15) is 22.6 Å². The summed E-state index contributed by atoms with van der Waals surface area (Å²) in [7, 11) is 0. The lowest BCUT2D eigenvalue weighted by Gasteiger charge is -2.11. The maximum atomic E-state index is 12.9. The Bertz CT molecular complexity index is 875. The summed E-state index contributed by atoms with van der Waals surface area (Å²) in [6.07, 6.45) is 2.50. The number of halogens is 1. The van der Waals surface area contributed by atoms with Gasteiger partial charge in [-0.1, -0.05) is 42.5 Å². The molecule has 6 heteroatoms. The van der Waals surface area contributed by atoms with Gasteiger partial charge in [0.05, 0.1) is 0 Å². The second-order valence-corrected chi connectivity index (χ2v) is 6.37. The Hall–Kier alpha value is -3.15. The fourth-order valence-corrected chi connectivity index (χ4v) is 2.83. The van der Waals surface area contributed by atoms with E-state index in [1.807, 2.05) is 31.3 Å². The minimum Gasteiger partial charge on any atom is -0.338 e. The summed E-state index contributed by atoms with van der Waals surface area (Å²) in [6.45, 7) is 3.63. The lowest BCUT2D eigenvalue weighted by atomic mass is 10.2. The molecule has 0 spiro atoms. The van der Waals surface area contributed by atoms with Crippen molar-refractivity contribution in [1.29, 1.82) is 0 Å². The molecule has 0 saturated heterocycles. The van der Waals surface area contributed by atoms with Gasteiger partial charge in [0, 0.05) is 37.9 Å². The number of urea groups is 1. The minimum atomic E-state index is -0.288. The molecule has 3 aromatic rings. The van der Waals surface area contributed by atoms with Crippen molar-refractivity contribution in [2.45, 2.75) is 26.4 Å². The summed E-state index contributed by atoms with van der Waals surface area (Å²) in [5.74, 6) is 0.652. The van der Waals surface area contributed by atoms with E-state index in [1.165, 1.54) is 17.7 Å². The second-order valence-electron chi connectivity index (χ2n) is 6.37. The fourth-order valence-electron chi connectivity index (χ4n) is 2.83. The number of imidazole rings is 1. The topological polar surface area (TPSA) is 59.0 Å². The number of nitrogens with one attached hydrogen (secondary N) is 2. The number of hydrogen-bond donors (Lipinski definition) is 2. The van der Waals surface area contributed by atoms with Crippen LogP contribution in [0.5, 0.6) is 0 Å². The van der Waals surface area contributed by atoms with Crippen LogP contribution in [-0.4, -0.2) is 22.1 Å². The van der Waals surface area contributed by atoms with E-state index in [4.69, 9.17) is 0 Å². The highest BCUT2D eigenvalue weighted by molar-refractivity contribution is 5.73. The van der Waals surface area contributed by atoms with Crippen LogP contribution in [0.4, 0.5) is 9.18 Å². The van der Waals surface area contributed by atoms with Gasteiger partial charge in [0.25, 0.3) is 0 Å². The zero-order valence-corrected chi connectivity index (χ0v) is 15.3. The summed E-state index contributed by atoms with van der Waals surface area (Å²) in [5.41, 5.74) is 3.15. The SMILES string of the molecule is Cc1cnc(CCNC(=O)NCc2ccc(F)cc2)n1Cc1ccccc1. The van der Waals surface area contributed by atoms with Crippen molar-refractivity contribution in [3.63, 3.8) is 0 Å². The molecule has 0 fully saturated rings. The van der Waals surface area contributed by atoms with Gasteiger partial charge in [-0.25, -0.2) is 14.2 Å². The van der Waals surface area contributed by atoms with Crippen molar-refractivity contribution < 1.29 is 9.18 Å². The van der Waals surface area contributed by atoms with E-state index in [2.05, 4.69) is 32.3 Å². The quantitative estimate of drug-likeness (QED) is 0.673. The molecule has 1 aromatic heterocycles. The van der Waals surface area contributed by atoms with Crippen LogP contribution in [0, 0.1) is 12.7 Å². The van der Waals surface area contributed by atoms with Crippen LogP contribution >= 0.6 is 0 Å². The monoisotopic (exact) mass is 366 g/mol. The van der Waals surface area contributed by atoms with Crippen molar-refractivity contribution in [3.8, 4) is 0 Å². The number of hydrogen-bond acceptors (Lipinski definition) is 2. The van der Waals surface area contributed by atoms with E-state index in [9.17, 15) is 9.18 Å². The zero-order chi connectivity index (χ0) is 19.1. The van der Waals surface area contributed by atoms with Gasteiger partial charge < -0.3 is 15.2 Å². The Morgan fingerprint density at radius 3 is 2.52 bits per heavy atom.